The Balaban J connectivity index is 0.00000274. The second-order valence-corrected chi connectivity index (χ2v) is 12.1. The first kappa shape index (κ1) is 24.8. The molecule has 1 N–H and O–H groups in total. The summed E-state index contributed by atoms with van der Waals surface area (Å²) in [5.41, 5.74) is 5.53. The zero-order valence-electron chi connectivity index (χ0n) is 20.0. The van der Waals surface area contributed by atoms with Crippen molar-refractivity contribution in [3.63, 3.8) is 0 Å². The summed E-state index contributed by atoms with van der Waals surface area (Å²) >= 11 is 0. The Bertz CT molecular complexity index is 1340. The third-order valence-electron chi connectivity index (χ3n) is 6.71. The van der Waals surface area contributed by atoms with Gasteiger partial charge in [0.05, 0.1) is 17.6 Å². The monoisotopic (exact) mass is 509 g/mol. The van der Waals surface area contributed by atoms with Gasteiger partial charge in [0.2, 0.25) is 0 Å². The van der Waals surface area contributed by atoms with Crippen LogP contribution in [0, 0.1) is 6.92 Å². The third kappa shape index (κ3) is 4.06. The number of halogens is 1. The molecule has 4 nitrogen and oxygen atoms in total. The number of hydrogen-bond acceptors (Lipinski definition) is 4. The molecule has 0 atom stereocenters. The summed E-state index contributed by atoms with van der Waals surface area (Å²) in [4.78, 5) is 22.7. The zero-order valence-corrected chi connectivity index (χ0v) is 22.4. The Morgan fingerprint density at radius 1 is 0.971 bits per heavy atom. The number of aromatic amines is 1. The normalized spacial score (nSPS) is 15.9. The van der Waals surface area contributed by atoms with Crippen molar-refractivity contribution < 1.29 is 21.8 Å². The zero-order chi connectivity index (χ0) is 23.4. The number of ketones is 1. The largest absolute Gasteiger partial charge is 1.00 e. The van der Waals surface area contributed by atoms with E-state index in [4.69, 9.17) is 4.98 Å². The van der Waals surface area contributed by atoms with Crippen LogP contribution in [0.15, 0.2) is 65.7 Å². The number of nitrogens with zero attached hydrogens (tertiary/aromatic N) is 2. The van der Waals surface area contributed by atoms with Crippen LogP contribution in [0.2, 0.25) is 0 Å². The van der Waals surface area contributed by atoms with Gasteiger partial charge in [0.1, 0.15) is 5.52 Å². The fraction of sp³-hybridized carbons (Fsp3) is 0.296. The Morgan fingerprint density at radius 3 is 2.38 bits per heavy atom. The molecule has 176 valence electrons. The first-order valence-electron chi connectivity index (χ1n) is 11.1. The molecule has 1 aliphatic carbocycles. The van der Waals surface area contributed by atoms with Gasteiger partial charge in [0, 0.05) is 15.7 Å². The van der Waals surface area contributed by atoms with E-state index in [2.05, 4.69) is 71.2 Å². The molecule has 34 heavy (non-hydrogen) atoms. The van der Waals surface area contributed by atoms with E-state index in [0.29, 0.717) is 0 Å². The predicted molar refractivity (Wildman–Crippen MR) is 137 cm³/mol. The second kappa shape index (κ2) is 9.06. The molecule has 0 unspecified atom stereocenters. The van der Waals surface area contributed by atoms with Crippen molar-refractivity contribution in [1.29, 1.82) is 0 Å². The highest BCUT2D eigenvalue weighted by atomic mass is 35.5. The van der Waals surface area contributed by atoms with Crippen molar-refractivity contribution in [2.75, 3.05) is 0 Å². The van der Waals surface area contributed by atoms with Gasteiger partial charge < -0.3 is 12.4 Å². The minimum Gasteiger partial charge on any atom is -1.00 e. The molecule has 0 spiro atoms. The smallest absolute Gasteiger partial charge is 0.402 e. The maximum Gasteiger partial charge on any atom is 0.402 e. The number of pyridine rings is 1. The van der Waals surface area contributed by atoms with Crippen molar-refractivity contribution in [2.24, 2.45) is 0 Å². The first-order valence-corrected chi connectivity index (χ1v) is 13.5. The molecule has 0 bridgehead atoms. The van der Waals surface area contributed by atoms with Gasteiger partial charge in [0.15, 0.2) is 11.3 Å². The molecule has 0 aliphatic heterocycles. The molecule has 2 heterocycles. The van der Waals surface area contributed by atoms with E-state index in [1.54, 1.807) is 10.8 Å². The molecule has 5 rings (SSSR count). The van der Waals surface area contributed by atoms with Crippen LogP contribution in [0.5, 0.6) is 0 Å². The van der Waals surface area contributed by atoms with Crippen molar-refractivity contribution >= 4 is 38.4 Å². The summed E-state index contributed by atoms with van der Waals surface area (Å²) < 4.78 is 2.12. The van der Waals surface area contributed by atoms with E-state index >= 15 is 0 Å². The van der Waals surface area contributed by atoms with Crippen molar-refractivity contribution in [1.82, 2.24) is 9.97 Å². The van der Waals surface area contributed by atoms with E-state index in [1.807, 2.05) is 44.6 Å². The van der Waals surface area contributed by atoms with Gasteiger partial charge in [-0.25, -0.2) is 9.55 Å². The third-order valence-corrected chi connectivity index (χ3v) is 9.13. The molecule has 0 amide bonds. The highest BCUT2D eigenvalue weighted by molar-refractivity contribution is 8.76. The lowest BCUT2D eigenvalue weighted by Crippen LogP contribution is -3.00. The molecule has 2 aromatic carbocycles. The van der Waals surface area contributed by atoms with E-state index in [0.717, 1.165) is 33.9 Å². The maximum absolute atomic E-state index is 13.0. The Hall–Kier alpha value is -2.28. The van der Waals surface area contributed by atoms with Crippen LogP contribution in [0.25, 0.3) is 17.0 Å². The summed E-state index contributed by atoms with van der Waals surface area (Å²) in [5.74, 6) is 1.91. The van der Waals surface area contributed by atoms with Crippen molar-refractivity contribution in [2.45, 2.75) is 56.1 Å². The summed E-state index contributed by atoms with van der Waals surface area (Å²) in [7, 11) is 3.63. The highest BCUT2D eigenvalue weighted by Gasteiger charge is 2.50. The molecule has 2 aromatic heterocycles. The fourth-order valence-corrected chi connectivity index (χ4v) is 7.18. The topological polar surface area (TPSA) is 49.6 Å². The number of nitrogens with one attached hydrogen (secondary N) is 1. The van der Waals surface area contributed by atoms with Crippen molar-refractivity contribution in [3.05, 3.63) is 83.2 Å². The average Bonchev–Trinajstić information content (AvgIpc) is 3.27. The number of aryl methyl sites for hydroxylation is 1. The van der Waals surface area contributed by atoms with Gasteiger partial charge in [-0.15, -0.1) is 0 Å². The van der Waals surface area contributed by atoms with Gasteiger partial charge in [-0.1, -0.05) is 50.8 Å². The Morgan fingerprint density at radius 2 is 1.65 bits per heavy atom. The average molecular weight is 510 g/mol. The van der Waals surface area contributed by atoms with Gasteiger partial charge >= 0.3 is 5.95 Å². The summed E-state index contributed by atoms with van der Waals surface area (Å²) in [6.07, 6.45) is 2.05. The highest BCUT2D eigenvalue weighted by Crippen LogP contribution is 2.47. The van der Waals surface area contributed by atoms with Crippen LogP contribution in [-0.2, 0) is 21.4 Å². The number of Topliss-reactive ketones (excluding diaryl/α,β-unsaturated/α-hetero) is 1. The van der Waals surface area contributed by atoms with Crippen LogP contribution in [0.4, 0.5) is 0 Å². The number of fused-ring (bicyclic) bond motifs is 2. The SMILES string of the molecule is Cc1ccccc1SSCc1cccc[n+]1-c1nc2cc3c(cc2[nH]1)C(C)(C)C(=O)C3(C)C.[Cl-]. The number of hydrogen-bond donors (Lipinski definition) is 1. The molecule has 7 heteroatoms. The van der Waals surface area contributed by atoms with E-state index < -0.39 is 10.8 Å². The Kier molecular flexibility index (Phi) is 6.62. The fourth-order valence-electron chi connectivity index (χ4n) is 4.82. The van der Waals surface area contributed by atoms with Crippen LogP contribution in [-0.4, -0.2) is 15.8 Å². The maximum atomic E-state index is 13.0. The molecule has 1 aliphatic rings. The number of benzene rings is 2. The predicted octanol–water partition coefficient (Wildman–Crippen LogP) is 3.23. The van der Waals surface area contributed by atoms with Crippen LogP contribution in [0.1, 0.15) is 50.1 Å². The molecular weight excluding hydrogens is 482 g/mol. The van der Waals surface area contributed by atoms with Gasteiger partial charge in [0.25, 0.3) is 0 Å². The minimum atomic E-state index is -0.499. The lowest BCUT2D eigenvalue weighted by atomic mass is 9.80. The first-order chi connectivity index (χ1) is 15.7. The summed E-state index contributed by atoms with van der Waals surface area (Å²) in [6, 6.07) is 18.9. The van der Waals surface area contributed by atoms with Gasteiger partial charge in [-0.05, 0) is 81.6 Å². The van der Waals surface area contributed by atoms with Gasteiger partial charge in [-0.2, -0.15) is 0 Å². The molecular formula is C27H28ClN3OS2. The molecule has 0 saturated heterocycles. The van der Waals surface area contributed by atoms with E-state index in [9.17, 15) is 4.79 Å². The van der Waals surface area contributed by atoms with Crippen LogP contribution < -0.4 is 17.0 Å². The lowest BCUT2D eigenvalue weighted by molar-refractivity contribution is -0.610. The Labute approximate surface area is 214 Å². The summed E-state index contributed by atoms with van der Waals surface area (Å²) in [6.45, 7) is 10.2. The molecule has 0 saturated carbocycles. The number of rotatable bonds is 5. The van der Waals surface area contributed by atoms with Crippen LogP contribution >= 0.6 is 21.6 Å². The van der Waals surface area contributed by atoms with Gasteiger partial charge in [-0.3, -0.25) is 4.79 Å². The standard InChI is InChI=1S/C27H28N3OS2.ClH/c1-17-10-6-7-12-23(17)33-32-16-18-11-8-9-13-30(18)25-28-21-14-19-20(15-22(21)29-25)27(4,5)24(31)26(19,2)3;/h6-15H,16H2,1-5H3,(H,28,29);1H/q+1;/p-1. The summed E-state index contributed by atoms with van der Waals surface area (Å²) in [5, 5.41) is 0. The van der Waals surface area contributed by atoms with E-state index in [-0.39, 0.29) is 18.2 Å². The number of carbonyl (C=O) groups excluding carboxylic acids is 1. The lowest BCUT2D eigenvalue weighted by Gasteiger charge is -2.21. The number of carbonyl (C=O) groups is 1. The minimum absolute atomic E-state index is 0. The van der Waals surface area contributed by atoms with E-state index in [1.165, 1.54) is 16.2 Å². The van der Waals surface area contributed by atoms with Crippen molar-refractivity contribution in [3.8, 4) is 5.95 Å². The quantitative estimate of drug-likeness (QED) is 0.331. The number of imidazole rings is 1. The molecule has 4 aromatic rings. The number of aromatic nitrogens is 3. The number of H-pyrrole nitrogens is 1. The van der Waals surface area contributed by atoms with Crippen LogP contribution in [0.3, 0.4) is 0 Å². The molecule has 0 fully saturated rings. The molecule has 0 radical (unpaired) electrons. The second-order valence-electron chi connectivity index (χ2n) is 9.73.